The molecule has 0 saturated heterocycles. The third-order valence-electron chi connectivity index (χ3n) is 4.01. The summed E-state index contributed by atoms with van der Waals surface area (Å²) in [6.45, 7) is 0.164. The van der Waals surface area contributed by atoms with E-state index in [0.717, 1.165) is 6.42 Å². The first-order chi connectivity index (χ1) is 9.72. The second-order valence-corrected chi connectivity index (χ2v) is 5.37. The molecule has 0 bridgehead atoms. The van der Waals surface area contributed by atoms with Crippen LogP contribution in [0.4, 0.5) is 0 Å². The Bertz CT molecular complexity index is 696. The predicted octanol–water partition coefficient (Wildman–Crippen LogP) is 2.93. The third-order valence-corrected chi connectivity index (χ3v) is 4.01. The fourth-order valence-electron chi connectivity index (χ4n) is 2.85. The molecule has 0 aromatic heterocycles. The van der Waals surface area contributed by atoms with E-state index in [1.165, 1.54) is 21.2 Å². The van der Waals surface area contributed by atoms with Gasteiger partial charge < -0.3 is 4.90 Å². The van der Waals surface area contributed by atoms with Gasteiger partial charge in [0.15, 0.2) is 0 Å². The lowest BCUT2D eigenvalue weighted by atomic mass is 10.00. The lowest BCUT2D eigenvalue weighted by Crippen LogP contribution is -2.28. The summed E-state index contributed by atoms with van der Waals surface area (Å²) < 4.78 is 0. The van der Waals surface area contributed by atoms with E-state index >= 15 is 0 Å². The summed E-state index contributed by atoms with van der Waals surface area (Å²) in [6, 6.07) is 16.6. The van der Waals surface area contributed by atoms with Crippen LogP contribution < -0.4 is 0 Å². The van der Waals surface area contributed by atoms with Crippen molar-refractivity contribution in [3.63, 3.8) is 0 Å². The van der Waals surface area contributed by atoms with Crippen molar-refractivity contribution in [1.82, 2.24) is 4.90 Å². The molecule has 0 spiro atoms. The van der Waals surface area contributed by atoms with E-state index in [-0.39, 0.29) is 18.4 Å². The summed E-state index contributed by atoms with van der Waals surface area (Å²) in [4.78, 5) is 13.7. The highest BCUT2D eigenvalue weighted by molar-refractivity contribution is 5.89. The number of fused-ring (bicyclic) bond motifs is 1. The van der Waals surface area contributed by atoms with Gasteiger partial charge >= 0.3 is 0 Å². The monoisotopic (exact) mass is 264 g/mol. The van der Waals surface area contributed by atoms with Gasteiger partial charge in [0.25, 0.3) is 0 Å². The number of benzene rings is 2. The van der Waals surface area contributed by atoms with Gasteiger partial charge in [-0.25, -0.2) is 0 Å². The number of rotatable bonds is 3. The Morgan fingerprint density at radius 3 is 2.85 bits per heavy atom. The van der Waals surface area contributed by atoms with Gasteiger partial charge in [-0.3, -0.25) is 4.79 Å². The van der Waals surface area contributed by atoms with Gasteiger partial charge in [-0.2, -0.15) is 5.26 Å². The first-order valence-electron chi connectivity index (χ1n) is 6.82. The highest BCUT2D eigenvalue weighted by Crippen LogP contribution is 2.50. The first-order valence-corrected chi connectivity index (χ1v) is 6.82. The third kappa shape index (κ3) is 2.14. The normalized spacial score (nSPS) is 20.4. The van der Waals surface area contributed by atoms with Crippen molar-refractivity contribution in [3.8, 4) is 6.07 Å². The highest BCUT2D eigenvalue weighted by atomic mass is 16.2. The lowest BCUT2D eigenvalue weighted by Gasteiger charge is -2.13. The fourth-order valence-corrected chi connectivity index (χ4v) is 2.85. The summed E-state index contributed by atoms with van der Waals surface area (Å²) in [5.41, 5.74) is 1.26. The summed E-state index contributed by atoms with van der Waals surface area (Å²) >= 11 is 0. The Kier molecular flexibility index (Phi) is 3.15. The number of amides is 1. The minimum atomic E-state index is 0.0409. The van der Waals surface area contributed by atoms with Crippen molar-refractivity contribution >= 4 is 16.7 Å². The van der Waals surface area contributed by atoms with Crippen LogP contribution in [-0.4, -0.2) is 24.4 Å². The molecule has 20 heavy (non-hydrogen) atoms. The predicted molar refractivity (Wildman–Crippen MR) is 78.0 cm³/mol. The van der Waals surface area contributed by atoms with Crippen molar-refractivity contribution in [1.29, 1.82) is 5.26 Å². The van der Waals surface area contributed by atoms with Crippen LogP contribution in [-0.2, 0) is 4.79 Å². The maximum Gasteiger partial charge on any atom is 0.226 e. The van der Waals surface area contributed by atoms with E-state index in [4.69, 9.17) is 5.26 Å². The maximum absolute atomic E-state index is 12.2. The number of nitrogens with zero attached hydrogens (tertiary/aromatic N) is 2. The van der Waals surface area contributed by atoms with Crippen LogP contribution in [0, 0.1) is 17.2 Å². The molecule has 1 saturated carbocycles. The van der Waals surface area contributed by atoms with E-state index in [1.54, 1.807) is 7.05 Å². The van der Waals surface area contributed by atoms with Gasteiger partial charge in [0.05, 0.1) is 6.07 Å². The molecule has 1 amide bonds. The molecule has 2 aromatic rings. The molecule has 0 heterocycles. The molecule has 3 rings (SSSR count). The zero-order valence-electron chi connectivity index (χ0n) is 11.4. The Balaban J connectivity index is 1.85. The quantitative estimate of drug-likeness (QED) is 0.800. The number of hydrogen-bond acceptors (Lipinski definition) is 2. The summed E-state index contributed by atoms with van der Waals surface area (Å²) in [5, 5.41) is 11.1. The molecule has 1 aliphatic carbocycles. The molecule has 2 aromatic carbocycles. The first kappa shape index (κ1) is 12.7. The van der Waals surface area contributed by atoms with E-state index in [2.05, 4.69) is 30.3 Å². The molecule has 0 radical (unpaired) electrons. The average molecular weight is 264 g/mol. The molecular weight excluding hydrogens is 248 g/mol. The molecule has 2 unspecified atom stereocenters. The smallest absolute Gasteiger partial charge is 0.226 e. The van der Waals surface area contributed by atoms with Gasteiger partial charge in [0.2, 0.25) is 5.91 Å². The zero-order chi connectivity index (χ0) is 14.1. The number of carbonyl (C=O) groups is 1. The van der Waals surface area contributed by atoms with Gasteiger partial charge in [0, 0.05) is 13.0 Å². The van der Waals surface area contributed by atoms with E-state index < -0.39 is 0 Å². The van der Waals surface area contributed by atoms with Crippen LogP contribution in [0.2, 0.25) is 0 Å². The molecule has 3 nitrogen and oxygen atoms in total. The maximum atomic E-state index is 12.2. The van der Waals surface area contributed by atoms with Crippen LogP contribution in [0.15, 0.2) is 42.5 Å². The Morgan fingerprint density at radius 1 is 1.30 bits per heavy atom. The van der Waals surface area contributed by atoms with Crippen molar-refractivity contribution < 1.29 is 4.79 Å². The largest absolute Gasteiger partial charge is 0.332 e. The number of nitriles is 1. The van der Waals surface area contributed by atoms with Gasteiger partial charge in [-0.15, -0.1) is 0 Å². The molecular formula is C17H16N2O. The van der Waals surface area contributed by atoms with Crippen LogP contribution in [0.25, 0.3) is 10.8 Å². The van der Waals surface area contributed by atoms with Gasteiger partial charge in [-0.1, -0.05) is 42.5 Å². The fraction of sp³-hybridized carbons (Fsp3) is 0.294. The Labute approximate surface area is 118 Å². The average Bonchev–Trinajstić information content (AvgIpc) is 3.26. The summed E-state index contributed by atoms with van der Waals surface area (Å²) in [5.74, 6) is 0.429. The van der Waals surface area contributed by atoms with Crippen molar-refractivity contribution in [2.45, 2.75) is 12.3 Å². The molecule has 1 fully saturated rings. The van der Waals surface area contributed by atoms with Crippen LogP contribution in [0.3, 0.4) is 0 Å². The number of hydrogen-bond donors (Lipinski definition) is 0. The molecule has 0 N–H and O–H groups in total. The molecule has 3 heteroatoms. The molecule has 1 aliphatic rings. The van der Waals surface area contributed by atoms with Crippen LogP contribution in [0.5, 0.6) is 0 Å². The minimum Gasteiger partial charge on any atom is -0.332 e. The molecule has 0 aliphatic heterocycles. The SMILES string of the molecule is CN(CC#N)C(=O)C1CC1c1cccc2ccccc12. The highest BCUT2D eigenvalue weighted by Gasteiger charge is 2.45. The minimum absolute atomic E-state index is 0.0409. The van der Waals surface area contributed by atoms with E-state index in [0.29, 0.717) is 5.92 Å². The van der Waals surface area contributed by atoms with Crippen molar-refractivity contribution in [2.24, 2.45) is 5.92 Å². The van der Waals surface area contributed by atoms with Crippen molar-refractivity contribution in [3.05, 3.63) is 48.0 Å². The lowest BCUT2D eigenvalue weighted by molar-refractivity contribution is -0.130. The summed E-state index contributed by atoms with van der Waals surface area (Å²) in [7, 11) is 1.70. The summed E-state index contributed by atoms with van der Waals surface area (Å²) in [6.07, 6.45) is 0.891. The van der Waals surface area contributed by atoms with Crippen LogP contribution in [0.1, 0.15) is 17.9 Å². The standard InChI is InChI=1S/C17H16N2O/c1-19(10-9-18)17(20)16-11-15(16)14-8-4-6-12-5-2-3-7-13(12)14/h2-8,15-16H,10-11H2,1H3. The van der Waals surface area contributed by atoms with Gasteiger partial charge in [-0.05, 0) is 28.7 Å². The zero-order valence-corrected chi connectivity index (χ0v) is 11.4. The second kappa shape index (κ2) is 4.97. The van der Waals surface area contributed by atoms with Crippen LogP contribution >= 0.6 is 0 Å². The van der Waals surface area contributed by atoms with E-state index in [1.807, 2.05) is 18.2 Å². The Morgan fingerprint density at radius 2 is 2.05 bits per heavy atom. The Hall–Kier alpha value is -2.34. The van der Waals surface area contributed by atoms with Gasteiger partial charge in [0.1, 0.15) is 6.54 Å². The molecule has 100 valence electrons. The van der Waals surface area contributed by atoms with Crippen molar-refractivity contribution in [2.75, 3.05) is 13.6 Å². The molecule has 2 atom stereocenters. The number of carbonyl (C=O) groups excluding carboxylic acids is 1. The topological polar surface area (TPSA) is 44.1 Å². The van der Waals surface area contributed by atoms with E-state index in [9.17, 15) is 4.79 Å². The second-order valence-electron chi connectivity index (χ2n) is 5.37.